The minimum Gasteiger partial charge on any atom is -0.493 e. The van der Waals surface area contributed by atoms with Crippen molar-refractivity contribution in [3.8, 4) is 28.4 Å². The molecular weight excluding hydrogens is 456 g/mol. The van der Waals surface area contributed by atoms with E-state index in [2.05, 4.69) is 16.7 Å². The average molecular weight is 489 g/mol. The standard InChI is InChI=1S/C29H32N2O5/c1-33-26-8-6-20(16-27(26)34-2)10-13-31-28(32)23-5-3-4-21(17-23)22-7-9-25-24(18-22)19-35-29(36-25)11-14-30-15-12-29/h3-9,16-18,30H,10-15,19H2,1-2H3,(H,31,32). The predicted molar refractivity (Wildman–Crippen MR) is 138 cm³/mol. The Bertz CT molecular complexity index is 1240. The summed E-state index contributed by atoms with van der Waals surface area (Å²) in [6.45, 7) is 2.84. The Hall–Kier alpha value is -3.55. The Morgan fingerprint density at radius 3 is 2.58 bits per heavy atom. The molecule has 7 heteroatoms. The van der Waals surface area contributed by atoms with Crippen molar-refractivity contribution in [2.24, 2.45) is 0 Å². The number of amides is 1. The molecular formula is C29H32N2O5. The smallest absolute Gasteiger partial charge is 0.251 e. The molecule has 0 atom stereocenters. The maximum absolute atomic E-state index is 12.8. The van der Waals surface area contributed by atoms with E-state index in [1.807, 2.05) is 54.6 Å². The van der Waals surface area contributed by atoms with Crippen LogP contribution in [0.3, 0.4) is 0 Å². The van der Waals surface area contributed by atoms with E-state index >= 15 is 0 Å². The average Bonchev–Trinajstić information content (AvgIpc) is 2.93. The molecule has 0 aliphatic carbocycles. The summed E-state index contributed by atoms with van der Waals surface area (Å²) in [5, 5.41) is 6.37. The van der Waals surface area contributed by atoms with Crippen molar-refractivity contribution < 1.29 is 23.7 Å². The Morgan fingerprint density at radius 1 is 0.972 bits per heavy atom. The Morgan fingerprint density at radius 2 is 1.78 bits per heavy atom. The van der Waals surface area contributed by atoms with Gasteiger partial charge in [-0.1, -0.05) is 24.3 Å². The second-order valence-electron chi connectivity index (χ2n) is 9.15. The second kappa shape index (κ2) is 10.6. The fourth-order valence-corrected chi connectivity index (χ4v) is 4.76. The van der Waals surface area contributed by atoms with Gasteiger partial charge in [-0.3, -0.25) is 4.79 Å². The first kappa shape index (κ1) is 24.2. The van der Waals surface area contributed by atoms with Crippen LogP contribution in [-0.2, 0) is 17.8 Å². The molecule has 1 spiro atoms. The quantitative estimate of drug-likeness (QED) is 0.516. The van der Waals surface area contributed by atoms with Gasteiger partial charge in [-0.05, 0) is 59.5 Å². The van der Waals surface area contributed by atoms with Crippen LogP contribution in [0.5, 0.6) is 17.2 Å². The van der Waals surface area contributed by atoms with Gasteiger partial charge in [-0.25, -0.2) is 0 Å². The van der Waals surface area contributed by atoms with E-state index in [0.717, 1.165) is 53.9 Å². The van der Waals surface area contributed by atoms with E-state index in [1.165, 1.54) is 0 Å². The van der Waals surface area contributed by atoms with Crippen molar-refractivity contribution >= 4 is 5.91 Å². The number of rotatable bonds is 7. The summed E-state index contributed by atoms with van der Waals surface area (Å²) in [5.41, 5.74) is 4.72. The zero-order valence-electron chi connectivity index (χ0n) is 20.8. The third-order valence-electron chi connectivity index (χ3n) is 6.82. The molecule has 0 bridgehead atoms. The highest BCUT2D eigenvalue weighted by atomic mass is 16.7. The van der Waals surface area contributed by atoms with Gasteiger partial charge in [-0.15, -0.1) is 0 Å². The van der Waals surface area contributed by atoms with Crippen molar-refractivity contribution in [2.45, 2.75) is 31.7 Å². The number of hydrogen-bond acceptors (Lipinski definition) is 6. The van der Waals surface area contributed by atoms with Crippen LogP contribution in [0, 0.1) is 0 Å². The maximum Gasteiger partial charge on any atom is 0.251 e. The summed E-state index contributed by atoms with van der Waals surface area (Å²) < 4.78 is 23.1. The minimum atomic E-state index is -0.505. The monoisotopic (exact) mass is 488 g/mol. The molecule has 3 aromatic carbocycles. The molecule has 36 heavy (non-hydrogen) atoms. The molecule has 0 radical (unpaired) electrons. The first-order chi connectivity index (χ1) is 17.6. The fourth-order valence-electron chi connectivity index (χ4n) is 4.76. The highest BCUT2D eigenvalue weighted by Crippen LogP contribution is 2.38. The lowest BCUT2D eigenvalue weighted by atomic mass is 9.98. The van der Waals surface area contributed by atoms with E-state index in [9.17, 15) is 4.79 Å². The number of hydrogen-bond donors (Lipinski definition) is 2. The second-order valence-corrected chi connectivity index (χ2v) is 9.15. The molecule has 5 rings (SSSR count). The third kappa shape index (κ3) is 5.17. The van der Waals surface area contributed by atoms with E-state index < -0.39 is 5.79 Å². The topological polar surface area (TPSA) is 78.1 Å². The van der Waals surface area contributed by atoms with Crippen LogP contribution < -0.4 is 24.8 Å². The summed E-state index contributed by atoms with van der Waals surface area (Å²) >= 11 is 0. The normalized spacial score (nSPS) is 16.1. The lowest BCUT2D eigenvalue weighted by molar-refractivity contribution is -0.218. The van der Waals surface area contributed by atoms with Crippen molar-refractivity contribution in [3.63, 3.8) is 0 Å². The van der Waals surface area contributed by atoms with Gasteiger partial charge in [0.1, 0.15) is 5.75 Å². The maximum atomic E-state index is 12.8. The summed E-state index contributed by atoms with van der Waals surface area (Å²) in [5.74, 6) is 1.65. The first-order valence-corrected chi connectivity index (χ1v) is 12.4. The van der Waals surface area contributed by atoms with Crippen LogP contribution >= 0.6 is 0 Å². The van der Waals surface area contributed by atoms with Gasteiger partial charge in [0.2, 0.25) is 5.79 Å². The Kier molecular flexibility index (Phi) is 7.11. The number of piperidine rings is 1. The number of methoxy groups -OCH3 is 2. The summed E-state index contributed by atoms with van der Waals surface area (Å²) in [7, 11) is 3.23. The SMILES string of the molecule is COc1ccc(CCNC(=O)c2cccc(-c3ccc4c(c3)COC3(CCNCC3)O4)c2)cc1OC. The Labute approximate surface area is 211 Å². The molecule has 1 amide bonds. The lowest BCUT2D eigenvalue weighted by Crippen LogP contribution is -2.49. The number of benzene rings is 3. The summed E-state index contributed by atoms with van der Waals surface area (Å²) in [6.07, 6.45) is 2.38. The van der Waals surface area contributed by atoms with E-state index in [0.29, 0.717) is 36.6 Å². The third-order valence-corrected chi connectivity index (χ3v) is 6.82. The number of nitrogens with one attached hydrogen (secondary N) is 2. The number of carbonyl (C=O) groups is 1. The molecule has 188 valence electrons. The molecule has 2 aliphatic heterocycles. The van der Waals surface area contributed by atoms with Gasteiger partial charge in [0, 0.05) is 43.6 Å². The molecule has 1 fully saturated rings. The highest BCUT2D eigenvalue weighted by molar-refractivity contribution is 5.95. The molecule has 3 aromatic rings. The van der Waals surface area contributed by atoms with Crippen molar-refractivity contribution in [3.05, 3.63) is 77.4 Å². The van der Waals surface area contributed by atoms with Gasteiger partial charge < -0.3 is 29.6 Å². The lowest BCUT2D eigenvalue weighted by Gasteiger charge is -2.41. The molecule has 0 aromatic heterocycles. The van der Waals surface area contributed by atoms with E-state index in [4.69, 9.17) is 18.9 Å². The Balaban J connectivity index is 1.23. The van der Waals surface area contributed by atoms with Gasteiger partial charge in [0.25, 0.3) is 5.91 Å². The predicted octanol–water partition coefficient (Wildman–Crippen LogP) is 4.33. The molecule has 2 N–H and O–H groups in total. The van der Waals surface area contributed by atoms with E-state index in [-0.39, 0.29) is 5.91 Å². The minimum absolute atomic E-state index is 0.102. The van der Waals surface area contributed by atoms with Crippen LogP contribution in [0.2, 0.25) is 0 Å². The summed E-state index contributed by atoms with van der Waals surface area (Å²) in [6, 6.07) is 19.6. The van der Waals surface area contributed by atoms with Gasteiger partial charge >= 0.3 is 0 Å². The number of fused-ring (bicyclic) bond motifs is 1. The molecule has 2 heterocycles. The van der Waals surface area contributed by atoms with Crippen molar-refractivity contribution in [2.75, 3.05) is 33.9 Å². The van der Waals surface area contributed by atoms with E-state index in [1.54, 1.807) is 14.2 Å². The van der Waals surface area contributed by atoms with Gasteiger partial charge in [0.15, 0.2) is 11.5 Å². The van der Waals surface area contributed by atoms with Crippen molar-refractivity contribution in [1.82, 2.24) is 10.6 Å². The van der Waals surface area contributed by atoms with Crippen LogP contribution in [0.1, 0.15) is 34.3 Å². The van der Waals surface area contributed by atoms with Crippen LogP contribution in [-0.4, -0.2) is 45.5 Å². The van der Waals surface area contributed by atoms with Crippen LogP contribution in [0.15, 0.2) is 60.7 Å². The fraction of sp³-hybridized carbons (Fsp3) is 0.345. The highest BCUT2D eigenvalue weighted by Gasteiger charge is 2.38. The largest absolute Gasteiger partial charge is 0.493 e. The summed E-state index contributed by atoms with van der Waals surface area (Å²) in [4.78, 5) is 12.8. The molecule has 0 saturated carbocycles. The van der Waals surface area contributed by atoms with Crippen LogP contribution in [0.25, 0.3) is 11.1 Å². The zero-order chi connectivity index (χ0) is 25.0. The first-order valence-electron chi connectivity index (χ1n) is 12.4. The van der Waals surface area contributed by atoms with Gasteiger partial charge in [0.05, 0.1) is 20.8 Å². The molecule has 1 saturated heterocycles. The number of carbonyl (C=O) groups excluding carboxylic acids is 1. The van der Waals surface area contributed by atoms with Crippen LogP contribution in [0.4, 0.5) is 0 Å². The number of ether oxygens (including phenoxy) is 4. The molecule has 2 aliphatic rings. The van der Waals surface area contributed by atoms with Gasteiger partial charge in [-0.2, -0.15) is 0 Å². The van der Waals surface area contributed by atoms with Crippen molar-refractivity contribution in [1.29, 1.82) is 0 Å². The molecule has 0 unspecified atom stereocenters. The zero-order valence-corrected chi connectivity index (χ0v) is 20.8. The molecule has 7 nitrogen and oxygen atoms in total.